The first-order valence-electron chi connectivity index (χ1n) is 7.80. The summed E-state index contributed by atoms with van der Waals surface area (Å²) in [5.74, 6) is -10.2. The molecule has 0 bridgehead atoms. The van der Waals surface area contributed by atoms with Crippen molar-refractivity contribution < 1.29 is 74.9 Å². The lowest BCUT2D eigenvalue weighted by Crippen LogP contribution is -2.56. The van der Waals surface area contributed by atoms with Crippen LogP contribution in [0.1, 0.15) is 0 Å². The lowest BCUT2D eigenvalue weighted by Gasteiger charge is -2.25. The van der Waals surface area contributed by atoms with Gasteiger partial charge in [0.25, 0.3) is 11.8 Å². The maximum atomic E-state index is 13.4. The Morgan fingerprint density at radius 1 is 0.667 bits per heavy atom. The van der Waals surface area contributed by atoms with Gasteiger partial charge in [-0.1, -0.05) is 7.77 Å². The monoisotopic (exact) mass is 544 g/mol. The number of hydrogen-bond acceptors (Lipinski definition) is 9. The van der Waals surface area contributed by atoms with Gasteiger partial charge in [-0.15, -0.1) is 0 Å². The van der Waals surface area contributed by atoms with Crippen LogP contribution in [0.25, 0.3) is 0 Å². The summed E-state index contributed by atoms with van der Waals surface area (Å²) in [7, 11) is -14.4. The van der Waals surface area contributed by atoms with E-state index in [2.05, 4.69) is 4.74 Å². The van der Waals surface area contributed by atoms with Gasteiger partial charge in [-0.3, -0.25) is 29.0 Å². The van der Waals surface area contributed by atoms with Crippen LogP contribution >= 0.6 is 0 Å². The Labute approximate surface area is 179 Å². The molecule has 0 fully saturated rings. The summed E-state index contributed by atoms with van der Waals surface area (Å²) in [6.07, 6.45) is 0. The first kappa shape index (κ1) is 30.6. The van der Waals surface area contributed by atoms with Crippen LogP contribution in [-0.2, 0) is 44.4 Å². The van der Waals surface area contributed by atoms with E-state index in [0.717, 1.165) is 0 Å². The van der Waals surface area contributed by atoms with Crippen LogP contribution in [0.15, 0.2) is 0 Å². The molecule has 11 nitrogen and oxygen atoms in total. The van der Waals surface area contributed by atoms with Crippen molar-refractivity contribution in [3.63, 3.8) is 0 Å². The Morgan fingerprint density at radius 3 is 1.24 bits per heavy atom. The Balaban J connectivity index is 5.64. The van der Waals surface area contributed by atoms with Gasteiger partial charge in [-0.25, -0.2) is 8.78 Å². The van der Waals surface area contributed by atoms with Crippen LogP contribution in [0, 0.1) is 0 Å². The molecule has 0 aliphatic heterocycles. The Hall–Kier alpha value is -2.42. The van der Waals surface area contributed by atoms with Crippen molar-refractivity contribution in [1.82, 2.24) is 9.80 Å². The lowest BCUT2D eigenvalue weighted by atomic mass is 10.4. The maximum Gasteiger partial charge on any atom is 0.451 e. The fraction of sp³-hybridized carbons (Fsp3) is 0.667. The van der Waals surface area contributed by atoms with Crippen molar-refractivity contribution in [1.29, 1.82) is 0 Å². The number of amides is 4. The second-order valence-corrected chi connectivity index (χ2v) is 8.27. The molecule has 0 aromatic rings. The lowest BCUT2D eigenvalue weighted by molar-refractivity contribution is -0.164. The van der Waals surface area contributed by atoms with Crippen LogP contribution in [0.5, 0.6) is 0 Å². The largest absolute Gasteiger partial charge is 0.451 e. The van der Waals surface area contributed by atoms with E-state index in [1.165, 1.54) is 0 Å². The molecule has 192 valence electrons. The van der Waals surface area contributed by atoms with Crippen LogP contribution in [0.3, 0.4) is 0 Å². The predicted molar refractivity (Wildman–Crippen MR) is 86.2 cm³/mol. The summed E-state index contributed by atoms with van der Waals surface area (Å²) >= 11 is 0. The zero-order valence-corrected chi connectivity index (χ0v) is 17.3. The molecule has 0 aliphatic rings. The van der Waals surface area contributed by atoms with E-state index < -0.39 is 99.1 Å². The number of carbonyl (C=O) groups excluding carboxylic acids is 4. The number of ether oxygens (including phenoxy) is 1. The molecule has 0 spiro atoms. The molecule has 0 saturated carbocycles. The van der Waals surface area contributed by atoms with Crippen LogP contribution in [0.4, 0.5) is 34.1 Å². The maximum absolute atomic E-state index is 13.4. The third-order valence-electron chi connectivity index (χ3n) is 3.35. The van der Waals surface area contributed by atoms with Crippen LogP contribution in [-0.4, -0.2) is 100 Å². The summed E-state index contributed by atoms with van der Waals surface area (Å²) < 4.78 is 149. The number of imide groups is 2. The highest BCUT2D eigenvalue weighted by molar-refractivity contribution is 7.88. The van der Waals surface area contributed by atoms with Gasteiger partial charge in [0, 0.05) is 0 Å². The number of nitrogens with zero attached hydrogens (tertiary/aromatic N) is 2. The predicted octanol–water partition coefficient (Wildman–Crippen LogP) is -0.563. The molecule has 0 rings (SSSR count). The van der Waals surface area contributed by atoms with Crippen molar-refractivity contribution in [2.24, 2.45) is 0 Å². The van der Waals surface area contributed by atoms with Gasteiger partial charge in [-0.2, -0.15) is 34.4 Å². The topological polar surface area (TPSA) is 152 Å². The minimum absolute atomic E-state index is 0.0400. The molecule has 0 N–H and O–H groups in total. The van der Waals surface area contributed by atoms with E-state index in [1.54, 1.807) is 0 Å². The molecule has 0 aliphatic carbocycles. The molecule has 0 aromatic carbocycles. The van der Waals surface area contributed by atoms with Crippen LogP contribution in [0.2, 0.25) is 0 Å². The van der Waals surface area contributed by atoms with E-state index >= 15 is 0 Å². The molecule has 4 amide bonds. The van der Waals surface area contributed by atoms with Gasteiger partial charge >= 0.3 is 42.8 Å². The number of halogens is 8. The van der Waals surface area contributed by atoms with Crippen molar-refractivity contribution in [3.8, 4) is 0 Å². The summed E-state index contributed by atoms with van der Waals surface area (Å²) in [5, 5.41) is -12.4. The highest BCUT2D eigenvalue weighted by Crippen LogP contribution is 2.31. The summed E-state index contributed by atoms with van der Waals surface area (Å²) in [6.45, 7) is -8.64. The number of alkyl halides is 6. The van der Waals surface area contributed by atoms with Crippen molar-refractivity contribution >= 4 is 44.1 Å². The van der Waals surface area contributed by atoms with Crippen molar-refractivity contribution in [2.45, 2.75) is 10.5 Å². The fourth-order valence-corrected chi connectivity index (χ4v) is 2.40. The van der Waals surface area contributed by atoms with E-state index in [0.29, 0.717) is 0 Å². The molecule has 33 heavy (non-hydrogen) atoms. The molecular formula is C12H12F8N2O9S2. The van der Waals surface area contributed by atoms with Gasteiger partial charge in [0.15, 0.2) is 13.3 Å². The second-order valence-electron chi connectivity index (χ2n) is 5.49. The van der Waals surface area contributed by atoms with Crippen molar-refractivity contribution in [2.75, 3.05) is 39.7 Å². The standard InChI is InChI=1S/C12H12F8N2O9S2/c13-5-7(23)21(8(24)6-14)1-3-31-4-2-22(9(25)11(15,16)32(19,27)28)10(26)12(17,18)33(20,29)30/h1-6H2. The average Bonchev–Trinajstić information content (AvgIpc) is 2.69. The third kappa shape index (κ3) is 7.28. The first-order valence-corrected chi connectivity index (χ1v) is 10.6. The van der Waals surface area contributed by atoms with E-state index in [9.17, 15) is 70.1 Å². The molecule has 21 heteroatoms. The van der Waals surface area contributed by atoms with Gasteiger partial charge in [0.1, 0.15) is 0 Å². The Kier molecular flexibility index (Phi) is 10.3. The quantitative estimate of drug-likeness (QED) is 0.179. The summed E-state index contributed by atoms with van der Waals surface area (Å²) in [4.78, 5) is 43.7. The van der Waals surface area contributed by atoms with Crippen LogP contribution < -0.4 is 0 Å². The number of rotatable bonds is 12. The van der Waals surface area contributed by atoms with E-state index in [1.807, 2.05) is 0 Å². The fourth-order valence-electron chi connectivity index (χ4n) is 1.76. The highest BCUT2D eigenvalue weighted by atomic mass is 32.3. The molecule has 0 heterocycles. The van der Waals surface area contributed by atoms with Gasteiger partial charge < -0.3 is 4.74 Å². The Morgan fingerprint density at radius 2 is 0.970 bits per heavy atom. The smallest absolute Gasteiger partial charge is 0.378 e. The summed E-state index contributed by atoms with van der Waals surface area (Å²) in [5.41, 5.74) is 0. The third-order valence-corrected chi connectivity index (χ3v) is 4.92. The normalized spacial score (nSPS) is 12.8. The minimum atomic E-state index is -7.19. The molecule has 0 unspecified atom stereocenters. The van der Waals surface area contributed by atoms with E-state index in [4.69, 9.17) is 0 Å². The van der Waals surface area contributed by atoms with Gasteiger partial charge in [0.05, 0.1) is 26.3 Å². The number of hydrogen-bond donors (Lipinski definition) is 0. The van der Waals surface area contributed by atoms with E-state index in [-0.39, 0.29) is 4.90 Å². The summed E-state index contributed by atoms with van der Waals surface area (Å²) in [6, 6.07) is 0. The molecule has 0 aromatic heterocycles. The zero-order valence-electron chi connectivity index (χ0n) is 15.7. The molecule has 0 atom stereocenters. The Bertz CT molecular complexity index is 915. The second kappa shape index (κ2) is 11.1. The number of carbonyl (C=O) groups is 4. The first-order chi connectivity index (χ1) is 14.8. The SMILES string of the molecule is O=C(CF)N(CCOCCN(C(=O)C(F)(F)S(=O)(=O)F)C(=O)C(F)(F)S(=O)(=O)F)C(=O)CF. The van der Waals surface area contributed by atoms with Gasteiger partial charge in [0.2, 0.25) is 0 Å². The minimum Gasteiger partial charge on any atom is -0.378 e. The zero-order chi connectivity index (χ0) is 26.4. The molecule has 0 saturated heterocycles. The highest BCUT2D eigenvalue weighted by Gasteiger charge is 2.62. The van der Waals surface area contributed by atoms with Gasteiger partial charge in [-0.05, 0) is 0 Å². The molecule has 0 radical (unpaired) electrons. The average molecular weight is 544 g/mol. The van der Waals surface area contributed by atoms with Crippen molar-refractivity contribution in [3.05, 3.63) is 0 Å². The molecular weight excluding hydrogens is 532 g/mol.